The molecule has 0 bridgehead atoms. The molecule has 1 aromatic rings. The number of carbonyl (C=O) groups is 3. The maximum absolute atomic E-state index is 12.0. The Morgan fingerprint density at radius 3 is 2.76 bits per heavy atom. The van der Waals surface area contributed by atoms with Gasteiger partial charge in [-0.2, -0.15) is 0 Å². The summed E-state index contributed by atoms with van der Waals surface area (Å²) < 4.78 is 10.4. The quantitative estimate of drug-likeness (QED) is 0.513. The largest absolute Gasteiger partial charge is 0.466 e. The molecule has 0 aliphatic heterocycles. The summed E-state index contributed by atoms with van der Waals surface area (Å²) in [4.78, 5) is 39.3. The van der Waals surface area contributed by atoms with Gasteiger partial charge in [0.25, 0.3) is 0 Å². The molecule has 1 unspecified atom stereocenters. The van der Waals surface area contributed by atoms with Gasteiger partial charge >= 0.3 is 11.9 Å². The molecule has 136 valence electrons. The summed E-state index contributed by atoms with van der Waals surface area (Å²) >= 11 is 0. The highest BCUT2D eigenvalue weighted by Crippen LogP contribution is 2.28. The first-order valence-electron chi connectivity index (χ1n) is 8.63. The molecule has 1 fully saturated rings. The smallest absolute Gasteiger partial charge is 0.309 e. The average Bonchev–Trinajstić information content (AvgIpc) is 3.44. The van der Waals surface area contributed by atoms with Crippen molar-refractivity contribution in [2.75, 3.05) is 13.2 Å². The van der Waals surface area contributed by atoms with Crippen LogP contribution >= 0.6 is 0 Å². The molecule has 2 rings (SSSR count). The molecule has 1 aliphatic carbocycles. The van der Waals surface area contributed by atoms with E-state index in [2.05, 4.69) is 10.3 Å². The van der Waals surface area contributed by atoms with Gasteiger partial charge in [0.2, 0.25) is 5.91 Å². The first kappa shape index (κ1) is 18.9. The molecule has 25 heavy (non-hydrogen) atoms. The number of carbonyl (C=O) groups excluding carboxylic acids is 3. The van der Waals surface area contributed by atoms with Gasteiger partial charge in [-0.05, 0) is 32.3 Å². The van der Waals surface area contributed by atoms with Crippen molar-refractivity contribution in [1.29, 1.82) is 0 Å². The molecule has 1 aliphatic rings. The molecular weight excluding hydrogens is 324 g/mol. The summed E-state index contributed by atoms with van der Waals surface area (Å²) in [5.41, 5.74) is 0.644. The normalized spacial score (nSPS) is 14.4. The number of hydrogen-bond donors (Lipinski definition) is 1. The van der Waals surface area contributed by atoms with Crippen LogP contribution in [0.3, 0.4) is 0 Å². The third-order valence-corrected chi connectivity index (χ3v) is 3.79. The van der Waals surface area contributed by atoms with Gasteiger partial charge in [0.05, 0.1) is 13.0 Å². The van der Waals surface area contributed by atoms with Crippen LogP contribution in [0.25, 0.3) is 0 Å². The molecule has 1 amide bonds. The van der Waals surface area contributed by atoms with Gasteiger partial charge in [0.15, 0.2) is 0 Å². The van der Waals surface area contributed by atoms with Crippen LogP contribution < -0.4 is 5.32 Å². The predicted octanol–water partition coefficient (Wildman–Crippen LogP) is 1.93. The van der Waals surface area contributed by atoms with E-state index in [1.807, 2.05) is 0 Å². The van der Waals surface area contributed by atoms with Crippen molar-refractivity contribution in [3.05, 3.63) is 30.1 Å². The van der Waals surface area contributed by atoms with E-state index >= 15 is 0 Å². The lowest BCUT2D eigenvalue weighted by atomic mass is 10.1. The van der Waals surface area contributed by atoms with Gasteiger partial charge < -0.3 is 14.8 Å². The fourth-order valence-corrected chi connectivity index (χ4v) is 2.32. The minimum absolute atomic E-state index is 0.0519. The predicted molar refractivity (Wildman–Crippen MR) is 89.3 cm³/mol. The van der Waals surface area contributed by atoms with E-state index in [-0.39, 0.29) is 31.3 Å². The zero-order valence-electron chi connectivity index (χ0n) is 14.4. The number of ether oxygens (including phenoxy) is 2. The van der Waals surface area contributed by atoms with Crippen LogP contribution in [0.2, 0.25) is 0 Å². The number of nitrogens with one attached hydrogen (secondary N) is 1. The third-order valence-electron chi connectivity index (χ3n) is 3.79. The van der Waals surface area contributed by atoms with Gasteiger partial charge in [-0.1, -0.05) is 6.07 Å². The Morgan fingerprint density at radius 2 is 2.12 bits per heavy atom. The van der Waals surface area contributed by atoms with Gasteiger partial charge in [0, 0.05) is 36.8 Å². The Hall–Kier alpha value is -2.44. The van der Waals surface area contributed by atoms with E-state index in [0.717, 1.165) is 12.8 Å². The van der Waals surface area contributed by atoms with Gasteiger partial charge in [-0.3, -0.25) is 19.4 Å². The lowest BCUT2D eigenvalue weighted by Crippen LogP contribution is -2.26. The summed E-state index contributed by atoms with van der Waals surface area (Å²) in [6.45, 7) is 2.44. The highest BCUT2D eigenvalue weighted by molar-refractivity contribution is 5.80. The molecule has 7 nitrogen and oxygen atoms in total. The second-order valence-electron chi connectivity index (χ2n) is 5.94. The van der Waals surface area contributed by atoms with E-state index in [4.69, 9.17) is 9.47 Å². The SMILES string of the molecule is CCOC(=O)CC(OC(=O)CCCNC(=O)C1CC1)c1cccnc1. The fraction of sp³-hybridized carbons (Fsp3) is 0.556. The zero-order valence-corrected chi connectivity index (χ0v) is 14.4. The van der Waals surface area contributed by atoms with Crippen LogP contribution in [-0.4, -0.2) is 36.0 Å². The molecular formula is C18H24N2O5. The topological polar surface area (TPSA) is 94.6 Å². The Labute approximate surface area is 147 Å². The van der Waals surface area contributed by atoms with Crippen LogP contribution in [0, 0.1) is 5.92 Å². The molecule has 0 radical (unpaired) electrons. The Morgan fingerprint density at radius 1 is 1.32 bits per heavy atom. The molecule has 1 atom stereocenters. The van der Waals surface area contributed by atoms with Crippen LogP contribution in [0.15, 0.2) is 24.5 Å². The standard InChI is InChI=1S/C18H24N2O5/c1-2-24-17(22)11-15(14-5-3-9-19-12-14)25-16(21)6-4-10-20-18(23)13-7-8-13/h3,5,9,12-13,15H,2,4,6-8,10-11H2,1H3,(H,20,23). The van der Waals surface area contributed by atoms with E-state index in [1.165, 1.54) is 0 Å². The van der Waals surface area contributed by atoms with Gasteiger partial charge in [-0.25, -0.2) is 0 Å². The third kappa shape index (κ3) is 6.91. The molecule has 0 aromatic carbocycles. The number of aromatic nitrogens is 1. The van der Waals surface area contributed by atoms with E-state index in [1.54, 1.807) is 31.5 Å². The lowest BCUT2D eigenvalue weighted by Gasteiger charge is -2.17. The highest BCUT2D eigenvalue weighted by atomic mass is 16.6. The summed E-state index contributed by atoms with van der Waals surface area (Å²) in [6.07, 6.45) is 4.97. The van der Waals surface area contributed by atoms with Crippen molar-refractivity contribution in [2.24, 2.45) is 5.92 Å². The molecule has 1 N–H and O–H groups in total. The summed E-state index contributed by atoms with van der Waals surface area (Å²) in [5, 5.41) is 2.80. The summed E-state index contributed by atoms with van der Waals surface area (Å²) in [6, 6.07) is 3.47. The second kappa shape index (κ2) is 9.76. The minimum Gasteiger partial charge on any atom is -0.466 e. The number of amides is 1. The average molecular weight is 348 g/mol. The fourth-order valence-electron chi connectivity index (χ4n) is 2.32. The first-order valence-corrected chi connectivity index (χ1v) is 8.63. The number of pyridine rings is 1. The summed E-state index contributed by atoms with van der Waals surface area (Å²) in [7, 11) is 0. The monoisotopic (exact) mass is 348 g/mol. The van der Waals surface area contributed by atoms with Crippen LogP contribution in [0.4, 0.5) is 0 Å². The number of hydrogen-bond acceptors (Lipinski definition) is 6. The maximum atomic E-state index is 12.0. The second-order valence-corrected chi connectivity index (χ2v) is 5.94. The number of esters is 2. The van der Waals surface area contributed by atoms with Crippen molar-refractivity contribution in [1.82, 2.24) is 10.3 Å². The minimum atomic E-state index is -0.721. The Balaban J connectivity index is 1.79. The number of rotatable bonds is 10. The van der Waals surface area contributed by atoms with Gasteiger partial charge in [-0.15, -0.1) is 0 Å². The molecule has 1 heterocycles. The van der Waals surface area contributed by atoms with Crippen LogP contribution in [0.1, 0.15) is 50.7 Å². The highest BCUT2D eigenvalue weighted by Gasteiger charge is 2.29. The Bertz CT molecular complexity index is 586. The number of nitrogens with zero attached hydrogens (tertiary/aromatic N) is 1. The van der Waals surface area contributed by atoms with Crippen molar-refractivity contribution in [3.63, 3.8) is 0 Å². The Kier molecular flexibility index (Phi) is 7.37. The van der Waals surface area contributed by atoms with Crippen molar-refractivity contribution < 1.29 is 23.9 Å². The van der Waals surface area contributed by atoms with E-state index in [0.29, 0.717) is 18.5 Å². The van der Waals surface area contributed by atoms with E-state index < -0.39 is 18.0 Å². The first-order chi connectivity index (χ1) is 12.1. The van der Waals surface area contributed by atoms with Crippen LogP contribution in [0.5, 0.6) is 0 Å². The molecule has 1 saturated carbocycles. The molecule has 7 heteroatoms. The van der Waals surface area contributed by atoms with Gasteiger partial charge in [0.1, 0.15) is 6.10 Å². The van der Waals surface area contributed by atoms with Crippen molar-refractivity contribution in [2.45, 2.75) is 45.1 Å². The van der Waals surface area contributed by atoms with Crippen molar-refractivity contribution >= 4 is 17.8 Å². The van der Waals surface area contributed by atoms with Crippen LogP contribution in [-0.2, 0) is 23.9 Å². The molecule has 1 aromatic heterocycles. The van der Waals surface area contributed by atoms with Crippen molar-refractivity contribution in [3.8, 4) is 0 Å². The molecule has 0 saturated heterocycles. The maximum Gasteiger partial charge on any atom is 0.309 e. The van der Waals surface area contributed by atoms with E-state index in [9.17, 15) is 14.4 Å². The molecule has 0 spiro atoms. The zero-order chi connectivity index (χ0) is 18.1. The summed E-state index contributed by atoms with van der Waals surface area (Å²) in [5.74, 6) is -0.630. The lowest BCUT2D eigenvalue weighted by molar-refractivity contribution is -0.155.